The van der Waals surface area contributed by atoms with Crippen molar-refractivity contribution < 1.29 is 0 Å². The summed E-state index contributed by atoms with van der Waals surface area (Å²) in [5, 5.41) is 3.69. The Kier molecular flexibility index (Phi) is 4.34. The van der Waals surface area contributed by atoms with E-state index in [9.17, 15) is 0 Å². The fraction of sp³-hybridized carbons (Fsp3) is 0.643. The number of nitrogens with one attached hydrogen (secondary N) is 1. The number of pyridine rings is 1. The number of nitrogens with zero attached hydrogens (tertiary/aromatic N) is 1. The first-order valence-corrected chi connectivity index (χ1v) is 6.48. The first-order chi connectivity index (χ1) is 7.86. The maximum atomic E-state index is 4.15. The predicted molar refractivity (Wildman–Crippen MR) is 67.1 cm³/mol. The Morgan fingerprint density at radius 2 is 2.19 bits per heavy atom. The molecular weight excluding hydrogens is 196 g/mol. The van der Waals surface area contributed by atoms with E-state index < -0.39 is 0 Å². The Labute approximate surface area is 98.5 Å². The Morgan fingerprint density at radius 1 is 1.31 bits per heavy atom. The third kappa shape index (κ3) is 3.31. The molecule has 1 aliphatic carbocycles. The minimum Gasteiger partial charge on any atom is -0.310 e. The molecule has 88 valence electrons. The zero-order chi connectivity index (χ0) is 11.2. The zero-order valence-electron chi connectivity index (χ0n) is 10.2. The summed E-state index contributed by atoms with van der Waals surface area (Å²) in [6.45, 7) is 3.34. The van der Waals surface area contributed by atoms with Crippen molar-refractivity contribution in [3.05, 3.63) is 30.1 Å². The Bertz CT molecular complexity index is 297. The molecule has 2 unspecified atom stereocenters. The standard InChI is InChI=1S/C14H22N2/c1-12-6-3-2-4-8-14(12)16-11-13-7-5-9-15-10-13/h5,7,9-10,12,14,16H,2-4,6,8,11H2,1H3. The van der Waals surface area contributed by atoms with E-state index in [1.165, 1.54) is 37.7 Å². The van der Waals surface area contributed by atoms with Gasteiger partial charge in [0.05, 0.1) is 0 Å². The predicted octanol–water partition coefficient (Wildman–Crippen LogP) is 3.14. The second-order valence-electron chi connectivity index (χ2n) is 4.96. The van der Waals surface area contributed by atoms with Crippen molar-refractivity contribution in [2.75, 3.05) is 0 Å². The first kappa shape index (κ1) is 11.6. The van der Waals surface area contributed by atoms with Crippen LogP contribution in [-0.2, 0) is 6.54 Å². The first-order valence-electron chi connectivity index (χ1n) is 6.48. The zero-order valence-corrected chi connectivity index (χ0v) is 10.2. The minimum absolute atomic E-state index is 0.697. The summed E-state index contributed by atoms with van der Waals surface area (Å²) in [7, 11) is 0. The summed E-state index contributed by atoms with van der Waals surface area (Å²) in [6, 6.07) is 4.84. The average Bonchev–Trinajstić information content (AvgIpc) is 2.53. The summed E-state index contributed by atoms with van der Waals surface area (Å²) in [5.74, 6) is 0.819. The van der Waals surface area contributed by atoms with Gasteiger partial charge in [0.15, 0.2) is 0 Å². The number of hydrogen-bond donors (Lipinski definition) is 1. The average molecular weight is 218 g/mol. The molecule has 1 saturated carbocycles. The van der Waals surface area contributed by atoms with E-state index in [-0.39, 0.29) is 0 Å². The monoisotopic (exact) mass is 218 g/mol. The van der Waals surface area contributed by atoms with Crippen LogP contribution in [0.25, 0.3) is 0 Å². The molecule has 0 amide bonds. The molecule has 1 fully saturated rings. The summed E-state index contributed by atoms with van der Waals surface area (Å²) in [6.07, 6.45) is 10.7. The quantitative estimate of drug-likeness (QED) is 0.788. The highest BCUT2D eigenvalue weighted by Gasteiger charge is 2.18. The van der Waals surface area contributed by atoms with Gasteiger partial charge in [-0.1, -0.05) is 32.3 Å². The number of hydrogen-bond acceptors (Lipinski definition) is 2. The lowest BCUT2D eigenvalue weighted by Gasteiger charge is -2.22. The van der Waals surface area contributed by atoms with Crippen LogP contribution >= 0.6 is 0 Å². The molecule has 0 radical (unpaired) electrons. The van der Waals surface area contributed by atoms with Crippen molar-refractivity contribution >= 4 is 0 Å². The van der Waals surface area contributed by atoms with Crippen LogP contribution in [0.3, 0.4) is 0 Å². The SMILES string of the molecule is CC1CCCCCC1NCc1cccnc1. The highest BCUT2D eigenvalue weighted by atomic mass is 14.9. The maximum absolute atomic E-state index is 4.15. The van der Waals surface area contributed by atoms with Gasteiger partial charge < -0.3 is 5.32 Å². The van der Waals surface area contributed by atoms with Gasteiger partial charge in [0.1, 0.15) is 0 Å². The van der Waals surface area contributed by atoms with Crippen molar-refractivity contribution in [1.82, 2.24) is 10.3 Å². The molecule has 0 aliphatic heterocycles. The van der Waals surface area contributed by atoms with E-state index in [2.05, 4.69) is 23.3 Å². The van der Waals surface area contributed by atoms with Crippen molar-refractivity contribution in [1.29, 1.82) is 0 Å². The number of rotatable bonds is 3. The highest BCUT2D eigenvalue weighted by molar-refractivity contribution is 5.08. The summed E-state index contributed by atoms with van der Waals surface area (Å²) in [5.41, 5.74) is 1.29. The molecule has 2 rings (SSSR count). The second kappa shape index (κ2) is 6.00. The van der Waals surface area contributed by atoms with Crippen molar-refractivity contribution in [3.8, 4) is 0 Å². The maximum Gasteiger partial charge on any atom is 0.0312 e. The van der Waals surface area contributed by atoms with Gasteiger partial charge in [-0.05, 0) is 30.4 Å². The van der Waals surface area contributed by atoms with Crippen molar-refractivity contribution in [2.45, 2.75) is 51.6 Å². The van der Waals surface area contributed by atoms with Gasteiger partial charge in [-0.15, -0.1) is 0 Å². The van der Waals surface area contributed by atoms with Gasteiger partial charge in [-0.2, -0.15) is 0 Å². The van der Waals surface area contributed by atoms with Crippen LogP contribution in [0.1, 0.15) is 44.6 Å². The topological polar surface area (TPSA) is 24.9 Å². The third-order valence-corrected chi connectivity index (χ3v) is 3.65. The van der Waals surface area contributed by atoms with Crippen molar-refractivity contribution in [2.24, 2.45) is 5.92 Å². The van der Waals surface area contributed by atoms with E-state index in [0.717, 1.165) is 12.5 Å². The van der Waals surface area contributed by atoms with E-state index >= 15 is 0 Å². The van der Waals surface area contributed by atoms with Crippen LogP contribution in [0.4, 0.5) is 0 Å². The minimum atomic E-state index is 0.697. The molecule has 0 bridgehead atoms. The van der Waals surface area contributed by atoms with Gasteiger partial charge in [0, 0.05) is 25.0 Å². The molecule has 0 saturated heterocycles. The largest absolute Gasteiger partial charge is 0.310 e. The van der Waals surface area contributed by atoms with Crippen LogP contribution in [-0.4, -0.2) is 11.0 Å². The van der Waals surface area contributed by atoms with Gasteiger partial charge in [-0.3, -0.25) is 4.98 Å². The smallest absolute Gasteiger partial charge is 0.0312 e. The van der Waals surface area contributed by atoms with Crippen LogP contribution in [0, 0.1) is 5.92 Å². The van der Waals surface area contributed by atoms with Gasteiger partial charge in [0.25, 0.3) is 0 Å². The molecule has 0 aromatic carbocycles. The second-order valence-corrected chi connectivity index (χ2v) is 4.96. The molecule has 2 heteroatoms. The lowest BCUT2D eigenvalue weighted by molar-refractivity contribution is 0.356. The Balaban J connectivity index is 1.84. The van der Waals surface area contributed by atoms with Gasteiger partial charge in [0.2, 0.25) is 0 Å². The van der Waals surface area contributed by atoms with Crippen LogP contribution in [0.15, 0.2) is 24.5 Å². The Morgan fingerprint density at radius 3 is 3.00 bits per heavy atom. The van der Waals surface area contributed by atoms with E-state index in [1.807, 2.05) is 18.5 Å². The molecule has 1 heterocycles. The normalized spacial score (nSPS) is 26.3. The molecule has 2 atom stereocenters. The Hall–Kier alpha value is -0.890. The van der Waals surface area contributed by atoms with Crippen LogP contribution in [0.5, 0.6) is 0 Å². The lowest BCUT2D eigenvalue weighted by atomic mass is 9.97. The fourth-order valence-electron chi connectivity index (χ4n) is 2.55. The summed E-state index contributed by atoms with van der Waals surface area (Å²) < 4.78 is 0. The molecule has 16 heavy (non-hydrogen) atoms. The summed E-state index contributed by atoms with van der Waals surface area (Å²) in [4.78, 5) is 4.15. The molecule has 1 N–H and O–H groups in total. The van der Waals surface area contributed by atoms with E-state index in [0.29, 0.717) is 6.04 Å². The molecule has 1 aliphatic rings. The van der Waals surface area contributed by atoms with Gasteiger partial charge in [-0.25, -0.2) is 0 Å². The lowest BCUT2D eigenvalue weighted by Crippen LogP contribution is -2.33. The molecular formula is C14H22N2. The molecule has 1 aromatic heterocycles. The molecule has 0 spiro atoms. The van der Waals surface area contributed by atoms with E-state index in [4.69, 9.17) is 0 Å². The van der Waals surface area contributed by atoms with Crippen molar-refractivity contribution in [3.63, 3.8) is 0 Å². The van der Waals surface area contributed by atoms with Crippen LogP contribution in [0.2, 0.25) is 0 Å². The van der Waals surface area contributed by atoms with E-state index in [1.54, 1.807) is 0 Å². The number of aromatic nitrogens is 1. The summed E-state index contributed by atoms with van der Waals surface area (Å²) >= 11 is 0. The highest BCUT2D eigenvalue weighted by Crippen LogP contribution is 2.23. The fourth-order valence-corrected chi connectivity index (χ4v) is 2.55. The molecule has 2 nitrogen and oxygen atoms in total. The molecule has 1 aromatic rings. The van der Waals surface area contributed by atoms with Gasteiger partial charge >= 0.3 is 0 Å². The third-order valence-electron chi connectivity index (χ3n) is 3.65. The van der Waals surface area contributed by atoms with Crippen LogP contribution < -0.4 is 5.32 Å².